The van der Waals surface area contributed by atoms with E-state index < -0.39 is 6.04 Å². The average molecular weight is 646 g/mol. The SMILES string of the molecule is CC(C)c1cc(I)ccc1NC(=O)CSc1n[nH]c([C@@H](NC(=O)c2ccc(Cl)cc2Cl)C(C)C)n1. The van der Waals surface area contributed by atoms with E-state index in [4.69, 9.17) is 23.2 Å². The monoisotopic (exact) mass is 645 g/mol. The van der Waals surface area contributed by atoms with E-state index in [1.54, 1.807) is 12.1 Å². The van der Waals surface area contributed by atoms with Crippen LogP contribution in [0.25, 0.3) is 0 Å². The van der Waals surface area contributed by atoms with Gasteiger partial charge in [-0.15, -0.1) is 5.10 Å². The Hall–Kier alpha value is -1.82. The van der Waals surface area contributed by atoms with Gasteiger partial charge in [-0.2, -0.15) is 0 Å². The fourth-order valence-corrected chi connectivity index (χ4v) is 4.96. The topological polar surface area (TPSA) is 99.8 Å². The molecule has 2 aromatic carbocycles. The van der Waals surface area contributed by atoms with Crippen molar-refractivity contribution in [1.82, 2.24) is 20.5 Å². The Morgan fingerprint density at radius 1 is 1.11 bits per heavy atom. The lowest BCUT2D eigenvalue weighted by Gasteiger charge is -2.20. The van der Waals surface area contributed by atoms with E-state index in [1.807, 2.05) is 26.0 Å². The minimum absolute atomic E-state index is 0.0226. The van der Waals surface area contributed by atoms with Gasteiger partial charge in [-0.25, -0.2) is 4.98 Å². The van der Waals surface area contributed by atoms with E-state index in [0.29, 0.717) is 21.6 Å². The number of anilines is 1. The molecule has 0 bridgehead atoms. The maximum absolute atomic E-state index is 12.8. The maximum Gasteiger partial charge on any atom is 0.253 e. The molecular formula is C24H26Cl2IN5O2S. The van der Waals surface area contributed by atoms with Gasteiger partial charge in [0, 0.05) is 14.3 Å². The molecule has 0 spiro atoms. The molecule has 0 aliphatic heterocycles. The van der Waals surface area contributed by atoms with Gasteiger partial charge < -0.3 is 10.6 Å². The van der Waals surface area contributed by atoms with Crippen LogP contribution in [0.2, 0.25) is 10.0 Å². The van der Waals surface area contributed by atoms with Crippen LogP contribution in [-0.4, -0.2) is 32.7 Å². The van der Waals surface area contributed by atoms with Gasteiger partial charge in [-0.1, -0.05) is 62.7 Å². The molecule has 11 heteroatoms. The van der Waals surface area contributed by atoms with Crippen molar-refractivity contribution < 1.29 is 9.59 Å². The van der Waals surface area contributed by atoms with Gasteiger partial charge in [0.05, 0.1) is 22.4 Å². The summed E-state index contributed by atoms with van der Waals surface area (Å²) < 4.78 is 1.12. The third-order valence-corrected chi connectivity index (χ3v) is 7.21. The van der Waals surface area contributed by atoms with E-state index in [2.05, 4.69) is 68.3 Å². The number of amides is 2. The van der Waals surface area contributed by atoms with Gasteiger partial charge in [0.15, 0.2) is 0 Å². The van der Waals surface area contributed by atoms with Crippen molar-refractivity contribution in [2.75, 3.05) is 11.1 Å². The fraction of sp³-hybridized carbons (Fsp3) is 0.333. The summed E-state index contributed by atoms with van der Waals surface area (Å²) in [5, 5.41) is 14.2. The third-order valence-electron chi connectivity index (χ3n) is 5.15. The minimum atomic E-state index is -0.426. The second kappa shape index (κ2) is 12.4. The molecule has 0 unspecified atom stereocenters. The molecule has 1 aromatic heterocycles. The number of H-pyrrole nitrogens is 1. The molecule has 0 aliphatic carbocycles. The Morgan fingerprint density at radius 2 is 1.86 bits per heavy atom. The van der Waals surface area contributed by atoms with Crippen LogP contribution >= 0.6 is 57.6 Å². The van der Waals surface area contributed by atoms with Gasteiger partial charge in [0.2, 0.25) is 11.1 Å². The van der Waals surface area contributed by atoms with Crippen LogP contribution in [0, 0.1) is 9.49 Å². The standard InChI is InChI=1S/C24H26Cl2IN5O2S/c1-12(2)17-10-15(27)6-8-19(17)28-20(33)11-35-24-30-22(31-32-24)21(13(3)4)29-23(34)16-7-5-14(25)9-18(16)26/h5-10,12-13,21H,11H2,1-4H3,(H,28,33)(H,29,34)(H,30,31,32)/t21-/m0/s1. The molecule has 1 atom stereocenters. The molecule has 0 radical (unpaired) electrons. The normalized spacial score (nSPS) is 12.1. The number of aromatic amines is 1. The molecule has 7 nitrogen and oxygen atoms in total. The van der Waals surface area contributed by atoms with Crippen molar-refractivity contribution in [2.24, 2.45) is 5.92 Å². The highest BCUT2D eigenvalue weighted by molar-refractivity contribution is 14.1. The van der Waals surface area contributed by atoms with Crippen molar-refractivity contribution in [3.05, 3.63) is 67.0 Å². The summed E-state index contributed by atoms with van der Waals surface area (Å²) in [5.41, 5.74) is 2.22. The number of carbonyl (C=O) groups is 2. The molecule has 3 N–H and O–H groups in total. The predicted molar refractivity (Wildman–Crippen MR) is 150 cm³/mol. The Labute approximate surface area is 232 Å². The zero-order valence-corrected chi connectivity index (χ0v) is 24.1. The highest BCUT2D eigenvalue weighted by atomic mass is 127. The lowest BCUT2D eigenvalue weighted by molar-refractivity contribution is -0.113. The summed E-state index contributed by atoms with van der Waals surface area (Å²) in [6, 6.07) is 10.3. The lowest BCUT2D eigenvalue weighted by atomic mass is 10.0. The number of nitrogens with zero attached hydrogens (tertiary/aromatic N) is 2. The highest BCUT2D eigenvalue weighted by Crippen LogP contribution is 2.27. The van der Waals surface area contributed by atoms with Crippen LogP contribution in [0.4, 0.5) is 5.69 Å². The Balaban J connectivity index is 1.64. The van der Waals surface area contributed by atoms with Crippen molar-refractivity contribution >= 4 is 75.1 Å². The lowest BCUT2D eigenvalue weighted by Crippen LogP contribution is -2.32. The quantitative estimate of drug-likeness (QED) is 0.178. The fourth-order valence-electron chi connectivity index (χ4n) is 3.35. The van der Waals surface area contributed by atoms with Gasteiger partial charge in [0.25, 0.3) is 5.91 Å². The summed E-state index contributed by atoms with van der Waals surface area (Å²) in [6.07, 6.45) is 0. The van der Waals surface area contributed by atoms with E-state index in [0.717, 1.165) is 14.8 Å². The number of hydrogen-bond donors (Lipinski definition) is 3. The number of benzene rings is 2. The second-order valence-electron chi connectivity index (χ2n) is 8.55. The zero-order chi connectivity index (χ0) is 25.7. The molecule has 2 amide bonds. The summed E-state index contributed by atoms with van der Waals surface area (Å²) in [4.78, 5) is 29.9. The van der Waals surface area contributed by atoms with Crippen molar-refractivity contribution in [1.29, 1.82) is 0 Å². The predicted octanol–water partition coefficient (Wildman–Crippen LogP) is 6.70. The van der Waals surface area contributed by atoms with Crippen LogP contribution in [0.15, 0.2) is 41.6 Å². The van der Waals surface area contributed by atoms with Crippen LogP contribution < -0.4 is 10.6 Å². The number of carbonyl (C=O) groups excluding carboxylic acids is 2. The number of halogens is 3. The first-order chi connectivity index (χ1) is 16.5. The van der Waals surface area contributed by atoms with E-state index in [9.17, 15) is 9.59 Å². The van der Waals surface area contributed by atoms with E-state index >= 15 is 0 Å². The number of aromatic nitrogens is 3. The molecule has 0 saturated heterocycles. The van der Waals surface area contributed by atoms with Crippen LogP contribution in [-0.2, 0) is 4.79 Å². The van der Waals surface area contributed by atoms with Gasteiger partial charge in [-0.3, -0.25) is 14.7 Å². The highest BCUT2D eigenvalue weighted by Gasteiger charge is 2.24. The summed E-state index contributed by atoms with van der Waals surface area (Å²) >= 11 is 15.6. The number of rotatable bonds is 9. The van der Waals surface area contributed by atoms with Crippen molar-refractivity contribution in [2.45, 2.75) is 44.8 Å². The minimum Gasteiger partial charge on any atom is -0.342 e. The third kappa shape index (κ3) is 7.58. The van der Waals surface area contributed by atoms with Gasteiger partial charge in [-0.05, 0) is 76.4 Å². The molecular weight excluding hydrogens is 620 g/mol. The molecule has 3 rings (SSSR count). The van der Waals surface area contributed by atoms with Crippen LogP contribution in [0.3, 0.4) is 0 Å². The van der Waals surface area contributed by atoms with E-state index in [-0.39, 0.29) is 34.4 Å². The molecule has 35 heavy (non-hydrogen) atoms. The number of hydrogen-bond acceptors (Lipinski definition) is 5. The zero-order valence-electron chi connectivity index (χ0n) is 19.7. The number of nitrogens with one attached hydrogen (secondary N) is 3. The molecule has 1 heterocycles. The van der Waals surface area contributed by atoms with Crippen LogP contribution in [0.5, 0.6) is 0 Å². The first-order valence-electron chi connectivity index (χ1n) is 11.0. The first kappa shape index (κ1) is 27.8. The van der Waals surface area contributed by atoms with Crippen molar-refractivity contribution in [3.8, 4) is 0 Å². The molecule has 0 saturated carbocycles. The van der Waals surface area contributed by atoms with Gasteiger partial charge in [0.1, 0.15) is 5.82 Å². The summed E-state index contributed by atoms with van der Waals surface area (Å²) in [5.74, 6) is 0.481. The Kier molecular flexibility index (Phi) is 9.86. The average Bonchev–Trinajstić information content (AvgIpc) is 3.25. The first-order valence-corrected chi connectivity index (χ1v) is 13.8. The molecule has 0 aliphatic rings. The second-order valence-corrected chi connectivity index (χ2v) is 11.6. The molecule has 0 fully saturated rings. The van der Waals surface area contributed by atoms with Crippen LogP contribution in [0.1, 0.15) is 61.4 Å². The van der Waals surface area contributed by atoms with Gasteiger partial charge >= 0.3 is 0 Å². The van der Waals surface area contributed by atoms with Crippen molar-refractivity contribution in [3.63, 3.8) is 0 Å². The summed E-state index contributed by atoms with van der Waals surface area (Å²) in [6.45, 7) is 8.11. The Morgan fingerprint density at radius 3 is 2.51 bits per heavy atom. The van der Waals surface area contributed by atoms with E-state index in [1.165, 1.54) is 17.8 Å². The summed E-state index contributed by atoms with van der Waals surface area (Å²) in [7, 11) is 0. The smallest absolute Gasteiger partial charge is 0.253 e. The number of thioether (sulfide) groups is 1. The molecule has 186 valence electrons. The largest absolute Gasteiger partial charge is 0.342 e. The molecule has 3 aromatic rings. The maximum atomic E-state index is 12.8. The Bertz CT molecular complexity index is 1220.